The zero-order chi connectivity index (χ0) is 18.7. The number of anilines is 1. The summed E-state index contributed by atoms with van der Waals surface area (Å²) in [5, 5.41) is 6.30. The standard InChI is InChI=1S/C21H24N2O2S/c1-13(2)16-8-6-15(7-9-16)12-19-20(24)23-21(26-19)22-17-11-14(3)5-10-18(17)25-4/h5-13,21-22H,1-4H3,(H,23,24)/b19-12-. The van der Waals surface area contributed by atoms with Gasteiger partial charge >= 0.3 is 0 Å². The number of aryl methyl sites for hydroxylation is 1. The third-order valence-corrected chi connectivity index (χ3v) is 5.30. The van der Waals surface area contributed by atoms with Crippen LogP contribution in [0.1, 0.15) is 36.5 Å². The summed E-state index contributed by atoms with van der Waals surface area (Å²) in [4.78, 5) is 13.0. The van der Waals surface area contributed by atoms with E-state index in [1.807, 2.05) is 31.2 Å². The number of carbonyl (C=O) groups excluding carboxylic acids is 1. The highest BCUT2D eigenvalue weighted by atomic mass is 32.2. The fourth-order valence-electron chi connectivity index (χ4n) is 2.77. The Labute approximate surface area is 159 Å². The van der Waals surface area contributed by atoms with Gasteiger partial charge in [0.1, 0.15) is 5.75 Å². The molecule has 4 nitrogen and oxygen atoms in total. The molecule has 2 aromatic rings. The predicted octanol–water partition coefficient (Wildman–Crippen LogP) is 4.73. The van der Waals surface area contributed by atoms with Gasteiger partial charge in [0.2, 0.25) is 0 Å². The second kappa shape index (κ2) is 7.87. The average Bonchev–Trinajstić information content (AvgIpc) is 2.95. The van der Waals surface area contributed by atoms with Crippen molar-refractivity contribution in [3.63, 3.8) is 0 Å². The second-order valence-electron chi connectivity index (χ2n) is 6.65. The van der Waals surface area contributed by atoms with Gasteiger partial charge in [0.05, 0.1) is 17.7 Å². The fourth-order valence-corrected chi connectivity index (χ4v) is 3.75. The summed E-state index contributed by atoms with van der Waals surface area (Å²) >= 11 is 1.48. The van der Waals surface area contributed by atoms with E-state index in [1.54, 1.807) is 7.11 Å². The molecule has 1 aliphatic rings. The van der Waals surface area contributed by atoms with Gasteiger partial charge in [-0.3, -0.25) is 4.79 Å². The summed E-state index contributed by atoms with van der Waals surface area (Å²) in [6.45, 7) is 6.37. The zero-order valence-electron chi connectivity index (χ0n) is 15.5. The monoisotopic (exact) mass is 368 g/mol. The van der Waals surface area contributed by atoms with Gasteiger partial charge in [-0.2, -0.15) is 0 Å². The number of hydrogen-bond donors (Lipinski definition) is 2. The van der Waals surface area contributed by atoms with Crippen LogP contribution >= 0.6 is 11.8 Å². The highest BCUT2D eigenvalue weighted by Gasteiger charge is 2.27. The molecule has 5 heteroatoms. The Hall–Kier alpha value is -2.40. The highest BCUT2D eigenvalue weighted by molar-refractivity contribution is 8.05. The van der Waals surface area contributed by atoms with Crippen molar-refractivity contribution in [2.45, 2.75) is 32.2 Å². The smallest absolute Gasteiger partial charge is 0.260 e. The number of ether oxygens (including phenoxy) is 1. The van der Waals surface area contributed by atoms with Gasteiger partial charge in [0.15, 0.2) is 5.50 Å². The minimum Gasteiger partial charge on any atom is -0.495 e. The Morgan fingerprint density at radius 3 is 2.58 bits per heavy atom. The van der Waals surface area contributed by atoms with Crippen molar-refractivity contribution in [1.29, 1.82) is 0 Å². The lowest BCUT2D eigenvalue weighted by Gasteiger charge is -2.16. The highest BCUT2D eigenvalue weighted by Crippen LogP contribution is 2.33. The molecule has 0 radical (unpaired) electrons. The van der Waals surface area contributed by atoms with E-state index >= 15 is 0 Å². The summed E-state index contributed by atoms with van der Waals surface area (Å²) in [7, 11) is 1.64. The maximum absolute atomic E-state index is 12.3. The molecule has 3 rings (SSSR count). The molecule has 1 amide bonds. The van der Waals surface area contributed by atoms with Crippen molar-refractivity contribution in [3.05, 3.63) is 64.1 Å². The van der Waals surface area contributed by atoms with E-state index in [0.717, 1.165) is 22.6 Å². The van der Waals surface area contributed by atoms with Crippen LogP contribution in [0.25, 0.3) is 6.08 Å². The molecule has 1 heterocycles. The van der Waals surface area contributed by atoms with Crippen LogP contribution in [0.3, 0.4) is 0 Å². The quantitative estimate of drug-likeness (QED) is 0.750. The normalized spacial score (nSPS) is 18.3. The number of methoxy groups -OCH3 is 1. The molecule has 0 bridgehead atoms. The van der Waals surface area contributed by atoms with E-state index in [4.69, 9.17) is 4.74 Å². The maximum Gasteiger partial charge on any atom is 0.260 e. The van der Waals surface area contributed by atoms with E-state index < -0.39 is 0 Å². The third-order valence-electron chi connectivity index (χ3n) is 4.27. The SMILES string of the molecule is COc1ccc(C)cc1NC1NC(=O)/C(=C/c2ccc(C(C)C)cc2)S1. The van der Waals surface area contributed by atoms with Gasteiger partial charge < -0.3 is 15.4 Å². The number of carbonyl (C=O) groups is 1. The van der Waals surface area contributed by atoms with Crippen molar-refractivity contribution in [2.24, 2.45) is 0 Å². The first kappa shape index (κ1) is 18.4. The van der Waals surface area contributed by atoms with Crippen LogP contribution < -0.4 is 15.4 Å². The number of hydrogen-bond acceptors (Lipinski definition) is 4. The molecule has 0 spiro atoms. The lowest BCUT2D eigenvalue weighted by atomic mass is 10.0. The van der Waals surface area contributed by atoms with Crippen LogP contribution in [0.2, 0.25) is 0 Å². The first-order valence-electron chi connectivity index (χ1n) is 8.66. The van der Waals surface area contributed by atoms with E-state index in [9.17, 15) is 4.79 Å². The molecular weight excluding hydrogens is 344 g/mol. The Balaban J connectivity index is 1.73. The largest absolute Gasteiger partial charge is 0.495 e. The van der Waals surface area contributed by atoms with Crippen LogP contribution in [0.4, 0.5) is 5.69 Å². The number of rotatable bonds is 5. The fraction of sp³-hybridized carbons (Fsp3) is 0.286. The third kappa shape index (κ3) is 4.22. The van der Waals surface area contributed by atoms with E-state index in [1.165, 1.54) is 17.3 Å². The van der Waals surface area contributed by atoms with E-state index in [-0.39, 0.29) is 11.4 Å². The molecule has 2 aromatic carbocycles. The molecule has 26 heavy (non-hydrogen) atoms. The molecule has 1 fully saturated rings. The molecule has 1 atom stereocenters. The van der Waals surface area contributed by atoms with Crippen molar-refractivity contribution < 1.29 is 9.53 Å². The second-order valence-corrected chi connectivity index (χ2v) is 7.80. The Morgan fingerprint density at radius 2 is 1.92 bits per heavy atom. The summed E-state index contributed by atoms with van der Waals surface area (Å²) in [6, 6.07) is 14.3. The molecule has 2 N–H and O–H groups in total. The summed E-state index contributed by atoms with van der Waals surface area (Å²) in [6.07, 6.45) is 1.93. The molecule has 0 saturated carbocycles. The summed E-state index contributed by atoms with van der Waals surface area (Å²) in [5.74, 6) is 1.19. The number of benzene rings is 2. The van der Waals surface area contributed by atoms with Gasteiger partial charge in [0.25, 0.3) is 5.91 Å². The first-order chi connectivity index (χ1) is 12.5. The van der Waals surface area contributed by atoms with Gasteiger partial charge in [-0.1, -0.05) is 55.9 Å². The molecule has 0 aliphatic carbocycles. The van der Waals surface area contributed by atoms with Crippen molar-refractivity contribution in [3.8, 4) is 5.75 Å². The average molecular weight is 369 g/mol. The van der Waals surface area contributed by atoms with Crippen molar-refractivity contribution in [1.82, 2.24) is 5.32 Å². The first-order valence-corrected chi connectivity index (χ1v) is 9.54. The maximum atomic E-state index is 12.3. The van der Waals surface area contributed by atoms with Crippen LogP contribution in [0.15, 0.2) is 47.4 Å². The topological polar surface area (TPSA) is 50.4 Å². The Kier molecular flexibility index (Phi) is 5.57. The molecular formula is C21H24N2O2S. The van der Waals surface area contributed by atoms with E-state index in [0.29, 0.717) is 10.8 Å². The molecule has 1 aliphatic heterocycles. The van der Waals surface area contributed by atoms with Crippen molar-refractivity contribution in [2.75, 3.05) is 12.4 Å². The number of amides is 1. The van der Waals surface area contributed by atoms with Crippen LogP contribution in [0, 0.1) is 6.92 Å². The summed E-state index contributed by atoms with van der Waals surface area (Å²) < 4.78 is 5.39. The van der Waals surface area contributed by atoms with Crippen LogP contribution in [0.5, 0.6) is 5.75 Å². The van der Waals surface area contributed by atoms with Gasteiger partial charge in [-0.25, -0.2) is 0 Å². The molecule has 1 saturated heterocycles. The number of nitrogens with one attached hydrogen (secondary N) is 2. The predicted molar refractivity (Wildman–Crippen MR) is 109 cm³/mol. The zero-order valence-corrected chi connectivity index (χ0v) is 16.3. The molecule has 1 unspecified atom stereocenters. The van der Waals surface area contributed by atoms with Crippen LogP contribution in [-0.2, 0) is 4.79 Å². The summed E-state index contributed by atoms with van der Waals surface area (Å²) in [5.41, 5.74) is 4.10. The van der Waals surface area contributed by atoms with Crippen LogP contribution in [-0.4, -0.2) is 18.5 Å². The number of thioether (sulfide) groups is 1. The van der Waals surface area contributed by atoms with Crippen molar-refractivity contribution >= 4 is 29.4 Å². The molecule has 0 aromatic heterocycles. The lowest BCUT2D eigenvalue weighted by Crippen LogP contribution is -2.31. The van der Waals surface area contributed by atoms with Gasteiger partial charge in [0, 0.05) is 0 Å². The van der Waals surface area contributed by atoms with Gasteiger partial charge in [-0.15, -0.1) is 0 Å². The minimum absolute atomic E-state index is 0.0629. The lowest BCUT2D eigenvalue weighted by molar-refractivity contribution is -0.116. The minimum atomic E-state index is -0.223. The molecule has 136 valence electrons. The van der Waals surface area contributed by atoms with E-state index in [2.05, 4.69) is 48.7 Å². The Morgan fingerprint density at radius 1 is 1.19 bits per heavy atom. The van der Waals surface area contributed by atoms with Gasteiger partial charge in [-0.05, 0) is 47.7 Å². The Bertz CT molecular complexity index is 828.